The van der Waals surface area contributed by atoms with Crippen molar-refractivity contribution >= 4 is 11.8 Å². The Bertz CT molecular complexity index is 1090. The number of carbonyl (C=O) groups is 1. The molecule has 34 heavy (non-hydrogen) atoms. The van der Waals surface area contributed by atoms with Crippen molar-refractivity contribution < 1.29 is 29.0 Å². The van der Waals surface area contributed by atoms with E-state index in [-0.39, 0.29) is 29.2 Å². The number of hydrogen-bond acceptors (Lipinski definition) is 7. The van der Waals surface area contributed by atoms with Crippen molar-refractivity contribution in [3.63, 3.8) is 0 Å². The van der Waals surface area contributed by atoms with E-state index in [0.29, 0.717) is 6.42 Å². The second-order valence-electron chi connectivity index (χ2n) is 10.1. The van der Waals surface area contributed by atoms with Gasteiger partial charge in [-0.05, 0) is 38.3 Å². The van der Waals surface area contributed by atoms with Crippen LogP contribution >= 0.6 is 0 Å². The lowest BCUT2D eigenvalue weighted by molar-refractivity contribution is -0.386. The van der Waals surface area contributed by atoms with E-state index >= 15 is 0 Å². The molecule has 1 aliphatic rings. The molecule has 0 spiro atoms. The Balaban J connectivity index is 2.36. The first-order chi connectivity index (χ1) is 15.7. The van der Waals surface area contributed by atoms with Gasteiger partial charge in [-0.3, -0.25) is 10.1 Å². The number of nitro groups is 1. The van der Waals surface area contributed by atoms with E-state index in [2.05, 4.69) is 0 Å². The molecule has 2 aromatic carbocycles. The van der Waals surface area contributed by atoms with Crippen molar-refractivity contribution in [2.24, 2.45) is 11.1 Å². The zero-order valence-electron chi connectivity index (χ0n) is 20.4. The number of benzene rings is 2. The molecule has 2 atom stereocenters. The van der Waals surface area contributed by atoms with Crippen LogP contribution in [0.15, 0.2) is 42.5 Å². The largest absolute Gasteiger partial charge is 0.490 e. The molecule has 0 fully saturated rings. The van der Waals surface area contributed by atoms with Crippen LogP contribution in [0.3, 0.4) is 0 Å². The molecule has 1 amide bonds. The van der Waals surface area contributed by atoms with Gasteiger partial charge in [0, 0.05) is 11.0 Å². The maximum Gasteiger partial charge on any atom is 0.405 e. The fourth-order valence-corrected chi connectivity index (χ4v) is 5.14. The number of rotatable bonds is 6. The lowest BCUT2D eigenvalue weighted by Crippen LogP contribution is -2.73. The molecule has 3 rings (SSSR count). The molecule has 0 aromatic heterocycles. The van der Waals surface area contributed by atoms with Crippen LogP contribution in [0.1, 0.15) is 52.2 Å². The van der Waals surface area contributed by atoms with Crippen LogP contribution in [0.5, 0.6) is 11.5 Å². The zero-order chi connectivity index (χ0) is 25.5. The first kappa shape index (κ1) is 25.3. The molecule has 3 N–H and O–H groups in total. The second-order valence-corrected chi connectivity index (χ2v) is 10.1. The van der Waals surface area contributed by atoms with E-state index in [4.69, 9.17) is 19.9 Å². The molecule has 0 aliphatic carbocycles. The fourth-order valence-electron chi connectivity index (χ4n) is 5.14. The Morgan fingerprint density at radius 2 is 1.82 bits per heavy atom. The first-order valence-corrected chi connectivity index (χ1v) is 11.0. The van der Waals surface area contributed by atoms with Crippen molar-refractivity contribution in [1.82, 2.24) is 0 Å². The monoisotopic (exact) mass is 472 g/mol. The number of amides is 1. The van der Waals surface area contributed by atoms with Gasteiger partial charge < -0.3 is 25.1 Å². The number of aliphatic hydroxyl groups is 1. The highest BCUT2D eigenvalue weighted by atomic mass is 16.6. The highest BCUT2D eigenvalue weighted by Gasteiger charge is 2.71. The van der Waals surface area contributed by atoms with E-state index in [1.165, 1.54) is 19.2 Å². The van der Waals surface area contributed by atoms with E-state index < -0.39 is 33.2 Å². The molecule has 184 valence electrons. The van der Waals surface area contributed by atoms with Crippen molar-refractivity contribution in [3.05, 3.63) is 63.7 Å². The molecule has 0 bridgehead atoms. The topological polar surface area (TPSA) is 134 Å². The number of hydrogen-bond donors (Lipinski definition) is 2. The van der Waals surface area contributed by atoms with Crippen LogP contribution in [0.2, 0.25) is 0 Å². The summed E-state index contributed by atoms with van der Waals surface area (Å²) < 4.78 is 17.4. The Morgan fingerprint density at radius 1 is 1.21 bits per heavy atom. The number of methoxy groups -OCH3 is 1. The normalized spacial score (nSPS) is 23.4. The predicted octanol–water partition coefficient (Wildman–Crippen LogP) is 4.48. The number of nitrogens with zero attached hydrogens (tertiary/aromatic N) is 1. The summed E-state index contributed by atoms with van der Waals surface area (Å²) in [5, 5.41) is 24.2. The summed E-state index contributed by atoms with van der Waals surface area (Å²) in [5.41, 5.74) is 0.693. The highest BCUT2D eigenvalue weighted by molar-refractivity contribution is 5.68. The molecule has 9 nitrogen and oxygen atoms in total. The predicted molar refractivity (Wildman–Crippen MR) is 126 cm³/mol. The molecule has 9 heteroatoms. The zero-order valence-corrected chi connectivity index (χ0v) is 20.4. The molecule has 2 aromatic rings. The number of nitrogens with two attached hydrogens (primary N) is 1. The third kappa shape index (κ3) is 3.83. The summed E-state index contributed by atoms with van der Waals surface area (Å²) in [6, 6.07) is 12.2. The Labute approximate surface area is 199 Å². The van der Waals surface area contributed by atoms with Crippen LogP contribution in [-0.2, 0) is 16.8 Å². The number of nitro benzene ring substituents is 1. The number of fused-ring (bicyclic) bond motifs is 1. The lowest BCUT2D eigenvalue weighted by atomic mass is 9.55. The Kier molecular flexibility index (Phi) is 6.30. The Hall–Kier alpha value is -3.33. The third-order valence-electron chi connectivity index (χ3n) is 6.73. The number of carbonyl (C=O) groups excluding carboxylic acids is 1. The average Bonchev–Trinajstić information content (AvgIpc) is 2.74. The van der Waals surface area contributed by atoms with Gasteiger partial charge in [0.1, 0.15) is 17.0 Å². The lowest BCUT2D eigenvalue weighted by Gasteiger charge is -2.61. The summed E-state index contributed by atoms with van der Waals surface area (Å²) in [7, 11) is 1.30. The van der Waals surface area contributed by atoms with Gasteiger partial charge in [-0.15, -0.1) is 0 Å². The molecular weight excluding hydrogens is 440 g/mol. The van der Waals surface area contributed by atoms with Gasteiger partial charge in [-0.1, -0.05) is 51.1 Å². The smallest absolute Gasteiger partial charge is 0.405 e. The molecule has 0 unspecified atom stereocenters. The fraction of sp³-hybridized carbons (Fsp3) is 0.480. The number of primary amides is 1. The van der Waals surface area contributed by atoms with Gasteiger partial charge in [-0.2, -0.15) is 0 Å². The first-order valence-electron chi connectivity index (χ1n) is 11.0. The molecule has 0 radical (unpaired) electrons. The standard InChI is InChI=1S/C25H32N2O7/c1-22(2,3)25(34-21(26)28)17-14-20(32-6)18(27(30)31)15-19(17)33-23(4,5)24(25,29)13-12-16-10-8-7-9-11-16/h7-11,14-15,29H,12-13H2,1-6H3,(H2,26,28)/t24-,25-/m1/s1. The Morgan fingerprint density at radius 3 is 2.32 bits per heavy atom. The van der Waals surface area contributed by atoms with E-state index in [0.717, 1.165) is 5.56 Å². The molecule has 1 aliphatic heterocycles. The maximum absolute atomic E-state index is 12.5. The number of aryl methyl sites for hydroxylation is 1. The van der Waals surface area contributed by atoms with Crippen LogP contribution in [0, 0.1) is 15.5 Å². The van der Waals surface area contributed by atoms with E-state index in [9.17, 15) is 20.0 Å². The van der Waals surface area contributed by atoms with Gasteiger partial charge >= 0.3 is 11.8 Å². The average molecular weight is 473 g/mol. The molecule has 0 saturated heterocycles. The van der Waals surface area contributed by atoms with Crippen molar-refractivity contribution in [3.8, 4) is 11.5 Å². The van der Waals surface area contributed by atoms with Crippen molar-refractivity contribution in [1.29, 1.82) is 0 Å². The maximum atomic E-state index is 12.5. The van der Waals surface area contributed by atoms with E-state index in [1.807, 2.05) is 51.1 Å². The summed E-state index contributed by atoms with van der Waals surface area (Å²) in [6.07, 6.45) is -0.495. The summed E-state index contributed by atoms with van der Waals surface area (Å²) in [6.45, 7) is 8.76. The van der Waals surface area contributed by atoms with E-state index in [1.54, 1.807) is 13.8 Å². The summed E-state index contributed by atoms with van der Waals surface area (Å²) in [5.74, 6) is 0.0530. The third-order valence-corrected chi connectivity index (χ3v) is 6.73. The number of ether oxygens (including phenoxy) is 3. The molecule has 1 heterocycles. The van der Waals surface area contributed by atoms with Crippen LogP contribution in [0.25, 0.3) is 0 Å². The molecular formula is C25H32N2O7. The van der Waals surface area contributed by atoms with Crippen LogP contribution < -0.4 is 15.2 Å². The van der Waals surface area contributed by atoms with Gasteiger partial charge in [0.05, 0.1) is 18.1 Å². The minimum atomic E-state index is -1.79. The van der Waals surface area contributed by atoms with Crippen molar-refractivity contribution in [2.45, 2.75) is 64.3 Å². The summed E-state index contributed by atoms with van der Waals surface area (Å²) >= 11 is 0. The molecule has 0 saturated carbocycles. The minimum absolute atomic E-state index is 0.0563. The van der Waals surface area contributed by atoms with Gasteiger partial charge in [0.15, 0.2) is 11.4 Å². The van der Waals surface area contributed by atoms with Crippen LogP contribution in [-0.4, -0.2) is 34.4 Å². The second kappa shape index (κ2) is 8.47. The SMILES string of the molecule is COc1cc2c(cc1[N+](=O)[O-])OC(C)(C)[C@](O)(CCc1ccccc1)[C@]2(OC(N)=O)C(C)(C)C. The quantitative estimate of drug-likeness (QED) is 0.468. The minimum Gasteiger partial charge on any atom is -0.490 e. The van der Waals surface area contributed by atoms with Gasteiger partial charge in [0.25, 0.3) is 0 Å². The van der Waals surface area contributed by atoms with Gasteiger partial charge in [-0.25, -0.2) is 4.79 Å². The van der Waals surface area contributed by atoms with Crippen molar-refractivity contribution in [2.75, 3.05) is 7.11 Å². The van der Waals surface area contributed by atoms with Crippen LogP contribution in [0.4, 0.5) is 10.5 Å². The highest BCUT2D eigenvalue weighted by Crippen LogP contribution is 2.62. The van der Waals surface area contributed by atoms with Gasteiger partial charge in [0.2, 0.25) is 0 Å². The summed E-state index contributed by atoms with van der Waals surface area (Å²) in [4.78, 5) is 23.4.